The molecule has 1 aromatic rings. The fourth-order valence-electron chi connectivity index (χ4n) is 2.24. The number of halogens is 2. The Morgan fingerprint density at radius 3 is 2.39 bits per heavy atom. The van der Waals surface area contributed by atoms with Crippen molar-refractivity contribution in [3.63, 3.8) is 0 Å². The molecule has 0 aromatic heterocycles. The van der Waals surface area contributed by atoms with Crippen LogP contribution in [0.2, 0.25) is 5.02 Å². The summed E-state index contributed by atoms with van der Waals surface area (Å²) < 4.78 is 0.781. The van der Waals surface area contributed by atoms with Crippen molar-refractivity contribution >= 4 is 33.5 Å². The fourth-order valence-corrected chi connectivity index (χ4v) is 3.11. The van der Waals surface area contributed by atoms with Crippen LogP contribution in [0.15, 0.2) is 22.7 Å². The zero-order valence-corrected chi connectivity index (χ0v) is 12.8. The molecule has 0 aliphatic carbocycles. The van der Waals surface area contributed by atoms with Crippen LogP contribution in [0.3, 0.4) is 0 Å². The summed E-state index contributed by atoms with van der Waals surface area (Å²) in [5.41, 5.74) is -1.09. The monoisotopic (exact) mass is 334 g/mol. The van der Waals surface area contributed by atoms with Crippen molar-refractivity contribution in [2.45, 2.75) is 26.4 Å². The van der Waals surface area contributed by atoms with Gasteiger partial charge in [0.15, 0.2) is 0 Å². The van der Waals surface area contributed by atoms with Gasteiger partial charge in [-0.2, -0.15) is 0 Å². The molecule has 2 N–H and O–H groups in total. The SMILES string of the molecule is CC(C)C(C(=O)O)C(C)(O)c1ccc(Br)cc1Cl. The minimum absolute atomic E-state index is 0.211. The molecule has 3 nitrogen and oxygen atoms in total. The Labute approximate surface area is 120 Å². The minimum Gasteiger partial charge on any atom is -0.481 e. The summed E-state index contributed by atoms with van der Waals surface area (Å²) in [5.74, 6) is -2.16. The van der Waals surface area contributed by atoms with E-state index in [1.165, 1.54) is 6.92 Å². The van der Waals surface area contributed by atoms with E-state index in [9.17, 15) is 15.0 Å². The normalized spacial score (nSPS) is 16.4. The van der Waals surface area contributed by atoms with Crippen molar-refractivity contribution < 1.29 is 15.0 Å². The van der Waals surface area contributed by atoms with Crippen molar-refractivity contribution in [3.05, 3.63) is 33.3 Å². The molecule has 5 heteroatoms. The summed E-state index contributed by atoms with van der Waals surface area (Å²) >= 11 is 9.36. The Hall–Kier alpha value is -0.580. The first-order chi connectivity index (χ1) is 8.17. The van der Waals surface area contributed by atoms with Gasteiger partial charge in [0.25, 0.3) is 0 Å². The summed E-state index contributed by atoms with van der Waals surface area (Å²) in [7, 11) is 0. The van der Waals surface area contributed by atoms with E-state index in [1.54, 1.807) is 32.0 Å². The first kappa shape index (κ1) is 15.5. The van der Waals surface area contributed by atoms with Gasteiger partial charge in [0, 0.05) is 15.1 Å². The standard InChI is InChI=1S/C13H16BrClO3/c1-7(2)11(12(16)17)13(3,18)9-5-4-8(14)6-10(9)15/h4-7,11,18H,1-3H3,(H,16,17). The van der Waals surface area contributed by atoms with Gasteiger partial charge in [0.1, 0.15) is 5.60 Å². The average molecular weight is 336 g/mol. The molecule has 0 radical (unpaired) electrons. The van der Waals surface area contributed by atoms with E-state index < -0.39 is 17.5 Å². The number of hydrogen-bond donors (Lipinski definition) is 2. The lowest BCUT2D eigenvalue weighted by molar-refractivity contribution is -0.155. The summed E-state index contributed by atoms with van der Waals surface area (Å²) in [4.78, 5) is 11.3. The van der Waals surface area contributed by atoms with E-state index in [0.717, 1.165) is 4.47 Å². The number of carbonyl (C=O) groups is 1. The summed E-state index contributed by atoms with van der Waals surface area (Å²) in [5, 5.41) is 20.2. The molecular formula is C13H16BrClO3. The molecule has 2 atom stereocenters. The highest BCUT2D eigenvalue weighted by Gasteiger charge is 2.42. The van der Waals surface area contributed by atoms with Crippen molar-refractivity contribution in [1.82, 2.24) is 0 Å². The van der Waals surface area contributed by atoms with Crippen LogP contribution in [0.1, 0.15) is 26.3 Å². The third-order valence-electron chi connectivity index (χ3n) is 3.01. The van der Waals surface area contributed by atoms with Gasteiger partial charge in [-0.05, 0) is 25.0 Å². The molecule has 0 saturated heterocycles. The summed E-state index contributed by atoms with van der Waals surface area (Å²) in [6.45, 7) is 5.01. The average Bonchev–Trinajstić information content (AvgIpc) is 2.13. The second-order valence-corrected chi connectivity index (χ2v) is 6.15. The quantitative estimate of drug-likeness (QED) is 0.882. The zero-order chi connectivity index (χ0) is 14.1. The molecule has 0 aliphatic heterocycles. The number of hydrogen-bond acceptors (Lipinski definition) is 2. The second-order valence-electron chi connectivity index (χ2n) is 4.83. The molecule has 0 aliphatic rings. The Morgan fingerprint density at radius 1 is 1.44 bits per heavy atom. The van der Waals surface area contributed by atoms with Crippen molar-refractivity contribution in [1.29, 1.82) is 0 Å². The van der Waals surface area contributed by atoms with Crippen molar-refractivity contribution in [3.8, 4) is 0 Å². The summed E-state index contributed by atoms with van der Waals surface area (Å²) in [6.07, 6.45) is 0. The van der Waals surface area contributed by atoms with Crippen LogP contribution < -0.4 is 0 Å². The summed E-state index contributed by atoms with van der Waals surface area (Å²) in [6, 6.07) is 5.02. The number of carboxylic acid groups (broad SMARTS) is 1. The molecule has 0 fully saturated rings. The predicted molar refractivity (Wildman–Crippen MR) is 74.7 cm³/mol. The maximum absolute atomic E-state index is 11.3. The van der Waals surface area contributed by atoms with Crippen LogP contribution in [0, 0.1) is 11.8 Å². The van der Waals surface area contributed by atoms with E-state index in [4.69, 9.17) is 11.6 Å². The molecule has 1 rings (SSSR count). The number of rotatable bonds is 4. The lowest BCUT2D eigenvalue weighted by Crippen LogP contribution is -2.40. The predicted octanol–water partition coefficient (Wildman–Crippen LogP) is 3.67. The first-order valence-corrected chi connectivity index (χ1v) is 6.75. The molecule has 18 heavy (non-hydrogen) atoms. The van der Waals surface area contributed by atoms with E-state index in [0.29, 0.717) is 10.6 Å². The Morgan fingerprint density at radius 2 is 2.00 bits per heavy atom. The van der Waals surface area contributed by atoms with E-state index in [-0.39, 0.29) is 5.92 Å². The molecule has 1 aromatic carbocycles. The van der Waals surface area contributed by atoms with Crippen LogP contribution in [0.5, 0.6) is 0 Å². The third-order valence-corrected chi connectivity index (χ3v) is 3.82. The number of aliphatic carboxylic acids is 1. The topological polar surface area (TPSA) is 57.5 Å². The highest BCUT2D eigenvalue weighted by atomic mass is 79.9. The first-order valence-electron chi connectivity index (χ1n) is 5.58. The van der Waals surface area contributed by atoms with Crippen LogP contribution in [-0.2, 0) is 10.4 Å². The number of aliphatic hydroxyl groups is 1. The molecule has 0 heterocycles. The van der Waals surface area contributed by atoms with Crippen LogP contribution in [0.4, 0.5) is 0 Å². The highest BCUT2D eigenvalue weighted by molar-refractivity contribution is 9.10. The zero-order valence-electron chi connectivity index (χ0n) is 10.4. The van der Waals surface area contributed by atoms with Gasteiger partial charge in [-0.3, -0.25) is 4.79 Å². The maximum atomic E-state index is 11.3. The molecule has 0 spiro atoms. The molecule has 0 saturated carbocycles. The smallest absolute Gasteiger partial charge is 0.310 e. The van der Waals surface area contributed by atoms with Crippen LogP contribution in [0.25, 0.3) is 0 Å². The van der Waals surface area contributed by atoms with Gasteiger partial charge in [-0.25, -0.2) is 0 Å². The number of carboxylic acids is 1. The lowest BCUT2D eigenvalue weighted by atomic mass is 9.76. The van der Waals surface area contributed by atoms with Gasteiger partial charge < -0.3 is 10.2 Å². The Balaban J connectivity index is 3.30. The molecule has 0 amide bonds. The van der Waals surface area contributed by atoms with Crippen molar-refractivity contribution in [2.75, 3.05) is 0 Å². The van der Waals surface area contributed by atoms with Crippen LogP contribution >= 0.6 is 27.5 Å². The highest BCUT2D eigenvalue weighted by Crippen LogP contribution is 2.38. The fraction of sp³-hybridized carbons (Fsp3) is 0.462. The van der Waals surface area contributed by atoms with E-state index in [2.05, 4.69) is 15.9 Å². The maximum Gasteiger partial charge on any atom is 0.310 e. The minimum atomic E-state index is -1.52. The molecule has 100 valence electrons. The largest absolute Gasteiger partial charge is 0.481 e. The van der Waals surface area contributed by atoms with E-state index >= 15 is 0 Å². The van der Waals surface area contributed by atoms with Gasteiger partial charge in [0.05, 0.1) is 5.92 Å². The van der Waals surface area contributed by atoms with Gasteiger partial charge in [-0.15, -0.1) is 0 Å². The molecule has 2 unspecified atom stereocenters. The Kier molecular flexibility index (Phi) is 4.81. The number of benzene rings is 1. The van der Waals surface area contributed by atoms with Crippen molar-refractivity contribution in [2.24, 2.45) is 11.8 Å². The molecular weight excluding hydrogens is 319 g/mol. The second kappa shape index (κ2) is 5.59. The van der Waals surface area contributed by atoms with Gasteiger partial charge in [-0.1, -0.05) is 47.4 Å². The van der Waals surface area contributed by atoms with Crippen LogP contribution in [-0.4, -0.2) is 16.2 Å². The van der Waals surface area contributed by atoms with Gasteiger partial charge in [0.2, 0.25) is 0 Å². The lowest BCUT2D eigenvalue weighted by Gasteiger charge is -2.33. The van der Waals surface area contributed by atoms with E-state index in [1.807, 2.05) is 0 Å². The third kappa shape index (κ3) is 3.05. The van der Waals surface area contributed by atoms with Gasteiger partial charge >= 0.3 is 5.97 Å². The molecule has 0 bridgehead atoms. The Bertz CT molecular complexity index is 458.